The zero-order valence-corrected chi connectivity index (χ0v) is 5.89. The van der Waals surface area contributed by atoms with Gasteiger partial charge in [0.15, 0.2) is 0 Å². The molecule has 0 saturated carbocycles. The van der Waals surface area contributed by atoms with Crippen molar-refractivity contribution in [2.75, 3.05) is 19.8 Å². The molecule has 10 heavy (non-hydrogen) atoms. The monoisotopic (exact) mass is 142 g/mol. The van der Waals surface area contributed by atoms with Crippen LogP contribution in [-0.2, 0) is 9.53 Å². The zero-order valence-electron chi connectivity index (χ0n) is 5.89. The van der Waals surface area contributed by atoms with Gasteiger partial charge in [0.1, 0.15) is 19.0 Å². The number of amidine groups is 1. The number of aliphatic imine (C=N–C) groups is 1. The molecule has 4 heteroatoms. The first-order valence-electron chi connectivity index (χ1n) is 3.24. The van der Waals surface area contributed by atoms with E-state index in [0.29, 0.717) is 19.0 Å². The lowest BCUT2D eigenvalue weighted by molar-refractivity contribution is -0.117. The maximum absolute atomic E-state index is 10.5. The molecule has 0 aliphatic carbocycles. The molecule has 0 saturated heterocycles. The summed E-state index contributed by atoms with van der Waals surface area (Å²) < 4.78 is 5.02. The van der Waals surface area contributed by atoms with Crippen molar-refractivity contribution in [3.8, 4) is 0 Å². The maximum Gasteiger partial charge on any atom is 0.247 e. The van der Waals surface area contributed by atoms with Crippen molar-refractivity contribution in [2.24, 2.45) is 4.99 Å². The van der Waals surface area contributed by atoms with Crippen LogP contribution in [0.5, 0.6) is 0 Å². The van der Waals surface area contributed by atoms with Crippen molar-refractivity contribution >= 4 is 11.7 Å². The van der Waals surface area contributed by atoms with Crippen LogP contribution in [-0.4, -0.2) is 31.5 Å². The number of rotatable bonds is 3. The summed E-state index contributed by atoms with van der Waals surface area (Å²) in [5, 5.41) is 2.57. The van der Waals surface area contributed by atoms with Crippen molar-refractivity contribution in [2.45, 2.75) is 6.92 Å². The van der Waals surface area contributed by atoms with Gasteiger partial charge in [-0.05, 0) is 6.92 Å². The highest BCUT2D eigenvalue weighted by Crippen LogP contribution is 1.87. The molecule has 1 aliphatic heterocycles. The smallest absolute Gasteiger partial charge is 0.247 e. The van der Waals surface area contributed by atoms with Crippen LogP contribution in [0.25, 0.3) is 0 Å². The van der Waals surface area contributed by atoms with E-state index in [-0.39, 0.29) is 12.5 Å². The van der Waals surface area contributed by atoms with Crippen LogP contribution >= 0.6 is 0 Å². The van der Waals surface area contributed by atoms with Gasteiger partial charge in [-0.15, -0.1) is 0 Å². The van der Waals surface area contributed by atoms with Crippen LogP contribution in [0.4, 0.5) is 0 Å². The Morgan fingerprint density at radius 1 is 1.80 bits per heavy atom. The highest BCUT2D eigenvalue weighted by Gasteiger charge is 2.11. The summed E-state index contributed by atoms with van der Waals surface area (Å²) in [5.41, 5.74) is 0. The Bertz CT molecular complexity index is 165. The van der Waals surface area contributed by atoms with Gasteiger partial charge in [0.25, 0.3) is 0 Å². The Morgan fingerprint density at radius 3 is 3.10 bits per heavy atom. The zero-order chi connectivity index (χ0) is 7.40. The number of carbonyl (C=O) groups is 1. The summed E-state index contributed by atoms with van der Waals surface area (Å²) in [4.78, 5) is 14.4. The summed E-state index contributed by atoms with van der Waals surface area (Å²) in [6.07, 6.45) is 0. The molecule has 0 aromatic rings. The minimum atomic E-state index is -0.0466. The number of ether oxygens (including phenoxy) is 1. The van der Waals surface area contributed by atoms with E-state index >= 15 is 0 Å². The van der Waals surface area contributed by atoms with E-state index in [1.807, 2.05) is 6.92 Å². The number of amides is 1. The van der Waals surface area contributed by atoms with E-state index in [9.17, 15) is 4.79 Å². The Hall–Kier alpha value is -0.900. The van der Waals surface area contributed by atoms with Gasteiger partial charge >= 0.3 is 0 Å². The Balaban J connectivity index is 2.23. The average molecular weight is 142 g/mol. The van der Waals surface area contributed by atoms with Gasteiger partial charge < -0.3 is 10.1 Å². The number of hydrogen-bond donors (Lipinski definition) is 1. The Labute approximate surface area is 59.3 Å². The largest absolute Gasteiger partial charge is 0.374 e. The lowest BCUT2D eigenvalue weighted by Gasteiger charge is -1.98. The summed E-state index contributed by atoms with van der Waals surface area (Å²) >= 11 is 0. The minimum absolute atomic E-state index is 0.0466. The van der Waals surface area contributed by atoms with Gasteiger partial charge in [-0.25, -0.2) is 0 Å². The SMILES string of the molecule is CCOCC1=NCC(=O)N1. The van der Waals surface area contributed by atoms with E-state index in [0.717, 1.165) is 0 Å². The van der Waals surface area contributed by atoms with E-state index in [4.69, 9.17) is 4.74 Å². The third-order valence-electron chi connectivity index (χ3n) is 1.14. The predicted molar refractivity (Wildman–Crippen MR) is 36.9 cm³/mol. The van der Waals surface area contributed by atoms with Crippen molar-refractivity contribution < 1.29 is 9.53 Å². The molecule has 0 atom stereocenters. The first kappa shape index (κ1) is 7.21. The molecule has 0 spiro atoms. The number of carbonyl (C=O) groups excluding carboxylic acids is 1. The molecule has 1 amide bonds. The summed E-state index contributed by atoms with van der Waals surface area (Å²) in [5.74, 6) is 0.599. The summed E-state index contributed by atoms with van der Waals surface area (Å²) in [7, 11) is 0. The average Bonchev–Trinajstić information content (AvgIpc) is 2.31. The van der Waals surface area contributed by atoms with Gasteiger partial charge in [-0.3, -0.25) is 9.79 Å². The Kier molecular flexibility index (Phi) is 2.39. The second-order valence-corrected chi connectivity index (χ2v) is 1.95. The van der Waals surface area contributed by atoms with Crippen LogP contribution in [0.1, 0.15) is 6.92 Å². The van der Waals surface area contributed by atoms with Crippen LogP contribution < -0.4 is 5.32 Å². The molecule has 1 aliphatic rings. The van der Waals surface area contributed by atoms with Crippen molar-refractivity contribution in [3.63, 3.8) is 0 Å². The standard InChI is InChI=1S/C6H10N2O2/c1-2-10-4-5-7-3-6(9)8-5/h2-4H2,1H3,(H,7,8,9). The van der Waals surface area contributed by atoms with Crippen LogP contribution in [0, 0.1) is 0 Å². The third kappa shape index (κ3) is 1.80. The van der Waals surface area contributed by atoms with Gasteiger partial charge in [0.05, 0.1) is 0 Å². The van der Waals surface area contributed by atoms with Crippen molar-refractivity contribution in [1.82, 2.24) is 5.32 Å². The molecule has 0 aromatic heterocycles. The topological polar surface area (TPSA) is 50.7 Å². The molecule has 1 N–H and O–H groups in total. The highest BCUT2D eigenvalue weighted by atomic mass is 16.5. The van der Waals surface area contributed by atoms with Crippen molar-refractivity contribution in [3.05, 3.63) is 0 Å². The second kappa shape index (κ2) is 3.31. The van der Waals surface area contributed by atoms with E-state index in [2.05, 4.69) is 10.3 Å². The Morgan fingerprint density at radius 2 is 2.60 bits per heavy atom. The van der Waals surface area contributed by atoms with Crippen molar-refractivity contribution in [1.29, 1.82) is 0 Å². The van der Waals surface area contributed by atoms with E-state index < -0.39 is 0 Å². The summed E-state index contributed by atoms with van der Waals surface area (Å²) in [6.45, 7) is 3.22. The molecule has 0 aromatic carbocycles. The number of nitrogens with zero attached hydrogens (tertiary/aromatic N) is 1. The second-order valence-electron chi connectivity index (χ2n) is 1.95. The number of hydrogen-bond acceptors (Lipinski definition) is 3. The maximum atomic E-state index is 10.5. The van der Waals surface area contributed by atoms with E-state index in [1.165, 1.54) is 0 Å². The molecule has 0 radical (unpaired) electrons. The van der Waals surface area contributed by atoms with Gasteiger partial charge in [0.2, 0.25) is 5.91 Å². The minimum Gasteiger partial charge on any atom is -0.374 e. The first-order valence-corrected chi connectivity index (χ1v) is 3.24. The van der Waals surface area contributed by atoms with Gasteiger partial charge in [-0.2, -0.15) is 0 Å². The fourth-order valence-corrected chi connectivity index (χ4v) is 0.688. The molecule has 0 fully saturated rings. The normalized spacial score (nSPS) is 16.9. The van der Waals surface area contributed by atoms with Crippen LogP contribution in [0.15, 0.2) is 4.99 Å². The molecule has 0 unspecified atom stereocenters. The molecule has 1 rings (SSSR count). The molecular weight excluding hydrogens is 132 g/mol. The molecule has 0 bridgehead atoms. The molecule has 4 nitrogen and oxygen atoms in total. The lowest BCUT2D eigenvalue weighted by atomic mass is 10.6. The molecule has 56 valence electrons. The predicted octanol–water partition coefficient (Wildman–Crippen LogP) is -0.449. The fraction of sp³-hybridized carbons (Fsp3) is 0.667. The summed E-state index contributed by atoms with van der Waals surface area (Å²) in [6, 6.07) is 0. The van der Waals surface area contributed by atoms with E-state index in [1.54, 1.807) is 0 Å². The first-order chi connectivity index (χ1) is 4.83. The fourth-order valence-electron chi connectivity index (χ4n) is 0.688. The van der Waals surface area contributed by atoms with Crippen LogP contribution in [0.2, 0.25) is 0 Å². The van der Waals surface area contributed by atoms with Gasteiger partial charge in [-0.1, -0.05) is 0 Å². The highest BCUT2D eigenvalue weighted by molar-refractivity contribution is 6.04. The lowest BCUT2D eigenvalue weighted by Crippen LogP contribution is -2.27. The quantitative estimate of drug-likeness (QED) is 0.580. The number of nitrogens with one attached hydrogen (secondary N) is 1. The van der Waals surface area contributed by atoms with Gasteiger partial charge in [0, 0.05) is 6.61 Å². The molecule has 1 heterocycles. The molecular formula is C6H10N2O2. The van der Waals surface area contributed by atoms with Crippen LogP contribution in [0.3, 0.4) is 0 Å². The third-order valence-corrected chi connectivity index (χ3v) is 1.14.